The zero-order valence-corrected chi connectivity index (χ0v) is 16.6. The van der Waals surface area contributed by atoms with E-state index in [2.05, 4.69) is 0 Å². The predicted octanol–water partition coefficient (Wildman–Crippen LogP) is 2.09. The van der Waals surface area contributed by atoms with Crippen molar-refractivity contribution >= 4 is 41.2 Å². The van der Waals surface area contributed by atoms with Gasteiger partial charge in [0.15, 0.2) is 0 Å². The first kappa shape index (κ1) is 19.1. The second-order valence-corrected chi connectivity index (χ2v) is 7.10. The number of aromatic nitrogens is 3. The van der Waals surface area contributed by atoms with Crippen LogP contribution in [0.25, 0.3) is 21.9 Å². The Bertz CT molecular complexity index is 1270. The first-order valence-electron chi connectivity index (χ1n) is 9.66. The van der Waals surface area contributed by atoms with Crippen LogP contribution in [0.3, 0.4) is 0 Å². The largest absolute Gasteiger partial charge is 0.466 e. The van der Waals surface area contributed by atoms with E-state index in [9.17, 15) is 9.59 Å². The molecule has 0 aliphatic heterocycles. The van der Waals surface area contributed by atoms with Gasteiger partial charge < -0.3 is 9.30 Å². The van der Waals surface area contributed by atoms with Crippen molar-refractivity contribution in [1.29, 1.82) is 0 Å². The summed E-state index contributed by atoms with van der Waals surface area (Å²) in [5.74, 6) is -0.307. The Morgan fingerprint density at radius 1 is 1.07 bits per heavy atom. The third kappa shape index (κ3) is 3.48. The van der Waals surface area contributed by atoms with Crippen LogP contribution in [-0.4, -0.2) is 34.1 Å². The SMILES string of the molecule is [B]c1cc(Cn2c(=O)n(CCC(=O)OCC)c3ccccc32)c2ccn(C)c2c1. The molecule has 0 atom stereocenters. The highest BCUT2D eigenvalue weighted by Gasteiger charge is 2.16. The number of carbonyl (C=O) groups excluding carboxylic acids is 1. The van der Waals surface area contributed by atoms with Gasteiger partial charge in [0, 0.05) is 30.7 Å². The molecule has 0 spiro atoms. The number of benzene rings is 2. The number of hydrogen-bond acceptors (Lipinski definition) is 3. The third-order valence-corrected chi connectivity index (χ3v) is 5.21. The number of nitrogens with zero attached hydrogens (tertiary/aromatic N) is 3. The van der Waals surface area contributed by atoms with Crippen molar-refractivity contribution in [1.82, 2.24) is 13.7 Å². The molecule has 146 valence electrons. The van der Waals surface area contributed by atoms with Crippen LogP contribution in [0.15, 0.2) is 53.5 Å². The van der Waals surface area contributed by atoms with Gasteiger partial charge in [-0.25, -0.2) is 4.79 Å². The summed E-state index contributed by atoms with van der Waals surface area (Å²) in [7, 11) is 8.09. The number of esters is 1. The molecular weight excluding hydrogens is 365 g/mol. The molecule has 2 heterocycles. The molecule has 0 saturated carbocycles. The smallest absolute Gasteiger partial charge is 0.329 e. The Labute approximate surface area is 169 Å². The van der Waals surface area contributed by atoms with Crippen LogP contribution in [-0.2, 0) is 29.7 Å². The topological polar surface area (TPSA) is 58.2 Å². The van der Waals surface area contributed by atoms with E-state index in [1.54, 1.807) is 16.1 Å². The molecule has 0 amide bonds. The summed E-state index contributed by atoms with van der Waals surface area (Å²) in [6.07, 6.45) is 2.14. The van der Waals surface area contributed by atoms with Gasteiger partial charge in [0.2, 0.25) is 0 Å². The van der Waals surface area contributed by atoms with Crippen LogP contribution in [0.1, 0.15) is 18.9 Å². The summed E-state index contributed by atoms with van der Waals surface area (Å²) in [5.41, 5.74) is 4.15. The lowest BCUT2D eigenvalue weighted by atomic mass is 9.92. The number of fused-ring (bicyclic) bond motifs is 2. The van der Waals surface area contributed by atoms with Crippen LogP contribution >= 0.6 is 0 Å². The van der Waals surface area contributed by atoms with E-state index in [1.807, 2.05) is 60.3 Å². The van der Waals surface area contributed by atoms with E-state index in [1.165, 1.54) is 0 Å². The molecule has 0 bridgehead atoms. The van der Waals surface area contributed by atoms with E-state index in [0.29, 0.717) is 18.6 Å². The average molecular weight is 387 g/mol. The van der Waals surface area contributed by atoms with Crippen molar-refractivity contribution in [3.05, 3.63) is 64.7 Å². The number of imidazole rings is 1. The zero-order valence-electron chi connectivity index (χ0n) is 16.6. The fourth-order valence-electron chi connectivity index (χ4n) is 3.85. The van der Waals surface area contributed by atoms with E-state index in [4.69, 9.17) is 12.6 Å². The Hall–Kier alpha value is -3.22. The summed E-state index contributed by atoms with van der Waals surface area (Å²) < 4.78 is 10.4. The molecule has 7 heteroatoms. The van der Waals surface area contributed by atoms with E-state index in [-0.39, 0.29) is 24.6 Å². The van der Waals surface area contributed by atoms with Crippen molar-refractivity contribution in [2.24, 2.45) is 7.05 Å². The monoisotopic (exact) mass is 387 g/mol. The molecule has 2 aromatic carbocycles. The second kappa shape index (κ2) is 7.66. The van der Waals surface area contributed by atoms with E-state index < -0.39 is 0 Å². The zero-order chi connectivity index (χ0) is 20.5. The molecule has 0 aliphatic rings. The Balaban J connectivity index is 1.78. The van der Waals surface area contributed by atoms with Crippen molar-refractivity contribution < 1.29 is 9.53 Å². The number of hydrogen-bond donors (Lipinski definition) is 0. The van der Waals surface area contributed by atoms with Crippen LogP contribution in [0.4, 0.5) is 0 Å². The number of carbonyl (C=O) groups is 1. The first-order chi connectivity index (χ1) is 14.0. The molecule has 0 saturated heterocycles. The number of para-hydroxylation sites is 2. The Morgan fingerprint density at radius 2 is 1.79 bits per heavy atom. The minimum Gasteiger partial charge on any atom is -0.466 e. The van der Waals surface area contributed by atoms with Crippen molar-refractivity contribution in [3.63, 3.8) is 0 Å². The molecule has 4 rings (SSSR count). The van der Waals surface area contributed by atoms with Crippen molar-refractivity contribution in [3.8, 4) is 0 Å². The van der Waals surface area contributed by atoms with Gasteiger partial charge in [0.25, 0.3) is 0 Å². The molecule has 29 heavy (non-hydrogen) atoms. The third-order valence-electron chi connectivity index (χ3n) is 5.21. The molecule has 2 aromatic heterocycles. The van der Waals surface area contributed by atoms with E-state index in [0.717, 1.165) is 27.5 Å². The second-order valence-electron chi connectivity index (χ2n) is 7.10. The molecule has 0 fully saturated rings. The van der Waals surface area contributed by atoms with Crippen molar-refractivity contribution in [2.75, 3.05) is 6.61 Å². The molecule has 6 nitrogen and oxygen atoms in total. The lowest BCUT2D eigenvalue weighted by Crippen LogP contribution is -2.26. The molecular formula is C22H22BN3O3. The highest BCUT2D eigenvalue weighted by molar-refractivity contribution is 6.33. The molecule has 0 aliphatic carbocycles. The quantitative estimate of drug-likeness (QED) is 0.376. The summed E-state index contributed by atoms with van der Waals surface area (Å²) in [4.78, 5) is 25.0. The van der Waals surface area contributed by atoms with Gasteiger partial charge in [-0.1, -0.05) is 23.7 Å². The van der Waals surface area contributed by atoms with Gasteiger partial charge in [-0.3, -0.25) is 13.9 Å². The Kier molecular flexibility index (Phi) is 5.05. The van der Waals surface area contributed by atoms with Gasteiger partial charge in [0.1, 0.15) is 7.85 Å². The standard InChI is InChI=1S/C22H22BN3O3/c1-3-29-21(27)9-11-25-18-6-4-5-7-19(18)26(22(25)28)14-15-12-16(23)13-20-17(15)8-10-24(20)2/h4-8,10,12-13H,3,9,11,14H2,1-2H3. The highest BCUT2D eigenvalue weighted by atomic mass is 16.5. The average Bonchev–Trinajstić information content (AvgIpc) is 3.19. The van der Waals surface area contributed by atoms with Crippen LogP contribution in [0.2, 0.25) is 0 Å². The van der Waals surface area contributed by atoms with Crippen LogP contribution < -0.4 is 11.2 Å². The van der Waals surface area contributed by atoms with Crippen LogP contribution in [0.5, 0.6) is 0 Å². The van der Waals surface area contributed by atoms with Crippen LogP contribution in [0, 0.1) is 0 Å². The summed E-state index contributed by atoms with van der Waals surface area (Å²) in [5, 5.41) is 1.07. The lowest BCUT2D eigenvalue weighted by Gasteiger charge is -2.08. The molecule has 2 radical (unpaired) electrons. The number of rotatable bonds is 6. The first-order valence-corrected chi connectivity index (χ1v) is 9.66. The Morgan fingerprint density at radius 3 is 2.52 bits per heavy atom. The molecule has 0 N–H and O–H groups in total. The summed E-state index contributed by atoms with van der Waals surface area (Å²) >= 11 is 0. The van der Waals surface area contributed by atoms with Gasteiger partial charge in [-0.2, -0.15) is 0 Å². The van der Waals surface area contributed by atoms with Gasteiger partial charge in [0.05, 0.1) is 30.6 Å². The minimum atomic E-state index is -0.307. The summed E-state index contributed by atoms with van der Waals surface area (Å²) in [6.45, 7) is 2.78. The van der Waals surface area contributed by atoms with Gasteiger partial charge >= 0.3 is 11.7 Å². The normalized spacial score (nSPS) is 11.4. The maximum atomic E-state index is 13.2. The highest BCUT2D eigenvalue weighted by Crippen LogP contribution is 2.21. The maximum Gasteiger partial charge on any atom is 0.329 e. The van der Waals surface area contributed by atoms with E-state index >= 15 is 0 Å². The molecule has 0 unspecified atom stereocenters. The number of aryl methyl sites for hydroxylation is 2. The number of ether oxygens (including phenoxy) is 1. The van der Waals surface area contributed by atoms with Crippen molar-refractivity contribution in [2.45, 2.75) is 26.4 Å². The minimum absolute atomic E-state index is 0.151. The predicted molar refractivity (Wildman–Crippen MR) is 115 cm³/mol. The lowest BCUT2D eigenvalue weighted by molar-refractivity contribution is -0.143. The maximum absolute atomic E-state index is 13.2. The fourth-order valence-corrected chi connectivity index (χ4v) is 3.85. The summed E-state index contributed by atoms with van der Waals surface area (Å²) in [6, 6.07) is 13.5. The fraction of sp³-hybridized carbons (Fsp3) is 0.273. The van der Waals surface area contributed by atoms with Gasteiger partial charge in [-0.05, 0) is 36.8 Å². The van der Waals surface area contributed by atoms with Gasteiger partial charge in [-0.15, -0.1) is 0 Å². The molecule has 4 aromatic rings.